The average Bonchev–Trinajstić information content (AvgIpc) is 2.64. The normalized spacial score (nSPS) is 11.6. The number of hydrogen-bond acceptors (Lipinski definition) is 2. The Bertz CT molecular complexity index is 747. The summed E-state index contributed by atoms with van der Waals surface area (Å²) >= 11 is 0. The maximum absolute atomic E-state index is 11.1. The molecule has 0 aliphatic heterocycles. The quantitative estimate of drug-likeness (QED) is 0.372. The van der Waals surface area contributed by atoms with Crippen molar-refractivity contribution in [2.24, 2.45) is 0 Å². The molecule has 0 spiro atoms. The van der Waals surface area contributed by atoms with Gasteiger partial charge in [0.2, 0.25) is 0 Å². The predicted molar refractivity (Wildman–Crippen MR) is 108 cm³/mol. The van der Waals surface area contributed by atoms with Gasteiger partial charge in [0.1, 0.15) is 0 Å². The van der Waals surface area contributed by atoms with Gasteiger partial charge in [0, 0.05) is 0 Å². The maximum atomic E-state index is 11.1. The van der Waals surface area contributed by atoms with E-state index in [1.807, 2.05) is 0 Å². The fraction of sp³-hybridized carbons (Fsp3) is 0.455. The molecule has 0 bridgehead atoms. The summed E-state index contributed by atoms with van der Waals surface area (Å²) in [7, 11) is -4.13. The van der Waals surface area contributed by atoms with Crippen LogP contribution in [0, 0.1) is 0 Å². The molecule has 0 heterocycles. The van der Waals surface area contributed by atoms with Crippen LogP contribution in [0.25, 0.3) is 11.1 Å². The van der Waals surface area contributed by atoms with E-state index in [4.69, 9.17) is 4.55 Å². The minimum absolute atomic E-state index is 0.0763. The van der Waals surface area contributed by atoms with E-state index in [0.29, 0.717) is 0 Å². The van der Waals surface area contributed by atoms with E-state index in [9.17, 15) is 8.42 Å². The lowest BCUT2D eigenvalue weighted by Gasteiger charge is -2.06. The van der Waals surface area contributed by atoms with Crippen LogP contribution in [0.3, 0.4) is 0 Å². The standard InChI is InChI=1S/C22H30O3S/c1-2-3-4-5-6-7-8-9-10-19-11-13-20(14-12-19)21-15-17-22(18-16-21)26(23,24)25/h11-18H,2-10H2,1H3,(H,23,24,25). The third-order valence-corrected chi connectivity index (χ3v) is 5.63. The van der Waals surface area contributed by atoms with Crippen molar-refractivity contribution in [3.8, 4) is 11.1 Å². The van der Waals surface area contributed by atoms with Crippen LogP contribution in [0.5, 0.6) is 0 Å². The van der Waals surface area contributed by atoms with Gasteiger partial charge in [-0.2, -0.15) is 8.42 Å². The molecule has 2 aromatic rings. The van der Waals surface area contributed by atoms with Gasteiger partial charge in [0.25, 0.3) is 10.1 Å². The van der Waals surface area contributed by atoms with Crippen LogP contribution in [0.4, 0.5) is 0 Å². The first-order valence-corrected chi connectivity index (χ1v) is 11.1. The Hall–Kier alpha value is -1.65. The van der Waals surface area contributed by atoms with E-state index in [1.54, 1.807) is 12.1 Å². The van der Waals surface area contributed by atoms with E-state index in [0.717, 1.165) is 17.5 Å². The molecule has 26 heavy (non-hydrogen) atoms. The van der Waals surface area contributed by atoms with Crippen LogP contribution in [0.2, 0.25) is 0 Å². The Morgan fingerprint density at radius 1 is 0.692 bits per heavy atom. The number of rotatable bonds is 11. The molecule has 0 saturated heterocycles. The highest BCUT2D eigenvalue weighted by molar-refractivity contribution is 7.85. The molecule has 0 fully saturated rings. The Balaban J connectivity index is 1.77. The van der Waals surface area contributed by atoms with Crippen molar-refractivity contribution in [2.75, 3.05) is 0 Å². The minimum atomic E-state index is -4.13. The van der Waals surface area contributed by atoms with Crippen LogP contribution in [0.15, 0.2) is 53.4 Å². The maximum Gasteiger partial charge on any atom is 0.294 e. The summed E-state index contributed by atoms with van der Waals surface area (Å²) in [5.74, 6) is 0. The third-order valence-electron chi connectivity index (χ3n) is 4.76. The fourth-order valence-corrected chi connectivity index (χ4v) is 3.63. The van der Waals surface area contributed by atoms with E-state index >= 15 is 0 Å². The summed E-state index contributed by atoms with van der Waals surface area (Å²) in [5.41, 5.74) is 3.33. The molecule has 2 aromatic carbocycles. The number of aryl methyl sites for hydroxylation is 1. The minimum Gasteiger partial charge on any atom is -0.282 e. The van der Waals surface area contributed by atoms with Crippen LogP contribution >= 0.6 is 0 Å². The van der Waals surface area contributed by atoms with E-state index in [2.05, 4.69) is 31.2 Å². The zero-order chi connectivity index (χ0) is 18.8. The summed E-state index contributed by atoms with van der Waals surface area (Å²) in [5, 5.41) is 0. The molecule has 0 aliphatic rings. The van der Waals surface area contributed by atoms with Crippen LogP contribution in [-0.4, -0.2) is 13.0 Å². The van der Waals surface area contributed by atoms with Gasteiger partial charge in [-0.15, -0.1) is 0 Å². The van der Waals surface area contributed by atoms with Crippen molar-refractivity contribution >= 4 is 10.1 Å². The lowest BCUT2D eigenvalue weighted by molar-refractivity contribution is 0.483. The van der Waals surface area contributed by atoms with Gasteiger partial charge >= 0.3 is 0 Å². The number of benzene rings is 2. The van der Waals surface area contributed by atoms with E-state index in [-0.39, 0.29) is 4.90 Å². The first kappa shape index (κ1) is 20.7. The van der Waals surface area contributed by atoms with Gasteiger partial charge in [-0.1, -0.05) is 88.3 Å². The second-order valence-electron chi connectivity index (χ2n) is 6.92. The van der Waals surface area contributed by atoms with Crippen molar-refractivity contribution in [1.82, 2.24) is 0 Å². The van der Waals surface area contributed by atoms with Gasteiger partial charge < -0.3 is 0 Å². The highest BCUT2D eigenvalue weighted by atomic mass is 32.2. The molecule has 0 atom stereocenters. The molecule has 0 aliphatic carbocycles. The third kappa shape index (κ3) is 6.93. The Morgan fingerprint density at radius 2 is 1.15 bits per heavy atom. The summed E-state index contributed by atoms with van der Waals surface area (Å²) in [6.45, 7) is 2.25. The molecule has 2 rings (SSSR count). The second kappa shape index (κ2) is 10.5. The molecular weight excluding hydrogens is 344 g/mol. The molecule has 142 valence electrons. The molecule has 4 heteroatoms. The largest absolute Gasteiger partial charge is 0.294 e. The van der Waals surface area contributed by atoms with E-state index < -0.39 is 10.1 Å². The Labute approximate surface area is 158 Å². The zero-order valence-corrected chi connectivity index (χ0v) is 16.5. The van der Waals surface area contributed by atoms with Gasteiger partial charge in [0.15, 0.2) is 0 Å². The molecule has 0 radical (unpaired) electrons. The molecule has 0 aromatic heterocycles. The molecule has 0 saturated carbocycles. The van der Waals surface area contributed by atoms with Crippen LogP contribution in [0.1, 0.15) is 63.9 Å². The lowest BCUT2D eigenvalue weighted by Crippen LogP contribution is -1.97. The smallest absolute Gasteiger partial charge is 0.282 e. The van der Waals surface area contributed by atoms with Gasteiger partial charge in [-0.25, -0.2) is 0 Å². The monoisotopic (exact) mass is 374 g/mol. The number of unbranched alkanes of at least 4 members (excludes halogenated alkanes) is 7. The molecular formula is C22H30O3S. The summed E-state index contributed by atoms with van der Waals surface area (Å²) in [4.78, 5) is -0.0763. The first-order valence-electron chi connectivity index (χ1n) is 9.67. The number of hydrogen-bond donors (Lipinski definition) is 1. The summed E-state index contributed by atoms with van der Waals surface area (Å²) < 4.78 is 31.2. The lowest BCUT2D eigenvalue weighted by atomic mass is 10.0. The van der Waals surface area contributed by atoms with Crippen LogP contribution < -0.4 is 0 Å². The van der Waals surface area contributed by atoms with Gasteiger partial charge in [-0.3, -0.25) is 4.55 Å². The molecule has 0 unspecified atom stereocenters. The Morgan fingerprint density at radius 3 is 1.65 bits per heavy atom. The zero-order valence-electron chi connectivity index (χ0n) is 15.7. The molecule has 3 nitrogen and oxygen atoms in total. The van der Waals surface area contributed by atoms with Crippen molar-refractivity contribution in [3.63, 3.8) is 0 Å². The second-order valence-corrected chi connectivity index (χ2v) is 8.34. The van der Waals surface area contributed by atoms with Gasteiger partial charge in [0.05, 0.1) is 4.90 Å². The van der Waals surface area contributed by atoms with Crippen molar-refractivity contribution in [2.45, 2.75) is 69.6 Å². The van der Waals surface area contributed by atoms with Crippen molar-refractivity contribution < 1.29 is 13.0 Å². The molecule has 1 N–H and O–H groups in total. The topological polar surface area (TPSA) is 54.4 Å². The summed E-state index contributed by atoms with van der Waals surface area (Å²) in [6.07, 6.45) is 11.8. The van der Waals surface area contributed by atoms with Crippen molar-refractivity contribution in [3.05, 3.63) is 54.1 Å². The van der Waals surface area contributed by atoms with Gasteiger partial charge in [-0.05, 0) is 41.7 Å². The average molecular weight is 375 g/mol. The highest BCUT2D eigenvalue weighted by Gasteiger charge is 2.08. The fourth-order valence-electron chi connectivity index (χ4n) is 3.15. The first-order chi connectivity index (χ1) is 12.5. The SMILES string of the molecule is CCCCCCCCCCc1ccc(-c2ccc(S(=O)(=O)O)cc2)cc1. The van der Waals surface area contributed by atoms with E-state index in [1.165, 1.54) is 69.1 Å². The summed E-state index contributed by atoms with van der Waals surface area (Å²) in [6, 6.07) is 14.7. The van der Waals surface area contributed by atoms with Crippen LogP contribution in [-0.2, 0) is 16.5 Å². The predicted octanol–water partition coefficient (Wildman–Crippen LogP) is 6.28. The van der Waals surface area contributed by atoms with Crippen molar-refractivity contribution in [1.29, 1.82) is 0 Å². The molecule has 0 amide bonds. The highest BCUT2D eigenvalue weighted by Crippen LogP contribution is 2.22. The Kier molecular flexibility index (Phi) is 8.33.